The standard InChI is InChI=1S/C12H14O3/c1-14-11-4-2-3-5-12(11)15-8-10-6-9(10)7-13/h2-5,7,9-10H,6,8H2,1H3. The Morgan fingerprint density at radius 2 is 2.13 bits per heavy atom. The van der Waals surface area contributed by atoms with Gasteiger partial charge in [-0.05, 0) is 18.6 Å². The van der Waals surface area contributed by atoms with E-state index in [1.54, 1.807) is 7.11 Å². The molecule has 2 unspecified atom stereocenters. The Morgan fingerprint density at radius 1 is 1.40 bits per heavy atom. The second-order valence-electron chi connectivity index (χ2n) is 3.76. The van der Waals surface area contributed by atoms with E-state index in [9.17, 15) is 4.79 Å². The number of rotatable bonds is 5. The maximum Gasteiger partial charge on any atom is 0.161 e. The fourth-order valence-corrected chi connectivity index (χ4v) is 1.56. The highest BCUT2D eigenvalue weighted by atomic mass is 16.5. The number of para-hydroxylation sites is 2. The van der Waals surface area contributed by atoms with E-state index in [4.69, 9.17) is 9.47 Å². The summed E-state index contributed by atoms with van der Waals surface area (Å²) in [5.74, 6) is 2.09. The number of aldehydes is 1. The molecule has 0 amide bonds. The average Bonchev–Trinajstić information content (AvgIpc) is 3.05. The number of ether oxygens (including phenoxy) is 2. The predicted octanol–water partition coefficient (Wildman–Crippen LogP) is 1.91. The molecule has 0 bridgehead atoms. The van der Waals surface area contributed by atoms with Crippen LogP contribution < -0.4 is 9.47 Å². The minimum absolute atomic E-state index is 0.208. The Morgan fingerprint density at radius 3 is 2.73 bits per heavy atom. The van der Waals surface area contributed by atoms with E-state index in [0.717, 1.165) is 24.2 Å². The summed E-state index contributed by atoms with van der Waals surface area (Å²) < 4.78 is 10.8. The Kier molecular flexibility index (Phi) is 2.90. The van der Waals surface area contributed by atoms with Gasteiger partial charge in [0.25, 0.3) is 0 Å². The van der Waals surface area contributed by atoms with Crippen molar-refractivity contribution in [3.8, 4) is 11.5 Å². The molecule has 1 saturated carbocycles. The molecular weight excluding hydrogens is 192 g/mol. The van der Waals surface area contributed by atoms with Gasteiger partial charge in [-0.25, -0.2) is 0 Å². The van der Waals surface area contributed by atoms with Crippen LogP contribution in [0.5, 0.6) is 11.5 Å². The molecule has 0 N–H and O–H groups in total. The second-order valence-corrected chi connectivity index (χ2v) is 3.76. The largest absolute Gasteiger partial charge is 0.493 e. The number of hydrogen-bond donors (Lipinski definition) is 0. The molecular formula is C12H14O3. The van der Waals surface area contributed by atoms with Crippen LogP contribution in [-0.4, -0.2) is 20.0 Å². The first-order valence-corrected chi connectivity index (χ1v) is 5.06. The van der Waals surface area contributed by atoms with E-state index in [1.807, 2.05) is 24.3 Å². The predicted molar refractivity (Wildman–Crippen MR) is 56.2 cm³/mol. The summed E-state index contributed by atoms with van der Waals surface area (Å²) in [6.45, 7) is 0.601. The molecule has 0 saturated heterocycles. The van der Waals surface area contributed by atoms with E-state index >= 15 is 0 Å². The zero-order valence-corrected chi connectivity index (χ0v) is 8.68. The maximum atomic E-state index is 10.4. The SMILES string of the molecule is COc1ccccc1OCC1CC1C=O. The molecule has 1 fully saturated rings. The summed E-state index contributed by atoms with van der Waals surface area (Å²) in [5.41, 5.74) is 0. The molecule has 80 valence electrons. The zero-order valence-electron chi connectivity index (χ0n) is 8.68. The van der Waals surface area contributed by atoms with Gasteiger partial charge >= 0.3 is 0 Å². The number of methoxy groups -OCH3 is 1. The van der Waals surface area contributed by atoms with Gasteiger partial charge in [0.2, 0.25) is 0 Å². The maximum absolute atomic E-state index is 10.4. The van der Waals surface area contributed by atoms with Gasteiger partial charge in [-0.15, -0.1) is 0 Å². The Balaban J connectivity index is 1.90. The van der Waals surface area contributed by atoms with E-state index < -0.39 is 0 Å². The molecule has 1 aliphatic rings. The second kappa shape index (κ2) is 4.34. The fourth-order valence-electron chi connectivity index (χ4n) is 1.56. The van der Waals surface area contributed by atoms with Crippen LogP contribution in [-0.2, 0) is 4.79 Å². The van der Waals surface area contributed by atoms with Crippen LogP contribution in [0.4, 0.5) is 0 Å². The van der Waals surface area contributed by atoms with Gasteiger partial charge in [0, 0.05) is 11.8 Å². The molecule has 0 radical (unpaired) electrons. The third-order valence-electron chi connectivity index (χ3n) is 2.67. The monoisotopic (exact) mass is 206 g/mol. The van der Waals surface area contributed by atoms with Gasteiger partial charge in [0.05, 0.1) is 13.7 Å². The van der Waals surface area contributed by atoms with Gasteiger partial charge in [-0.1, -0.05) is 12.1 Å². The lowest BCUT2D eigenvalue weighted by atomic mass is 10.3. The molecule has 1 aromatic carbocycles. The Labute approximate surface area is 89.0 Å². The topological polar surface area (TPSA) is 35.5 Å². The van der Waals surface area contributed by atoms with Crippen LogP contribution in [0.1, 0.15) is 6.42 Å². The van der Waals surface area contributed by atoms with Crippen molar-refractivity contribution < 1.29 is 14.3 Å². The molecule has 0 aromatic heterocycles. The number of carbonyl (C=O) groups excluding carboxylic acids is 1. The average molecular weight is 206 g/mol. The van der Waals surface area contributed by atoms with Crippen LogP contribution in [0.3, 0.4) is 0 Å². The molecule has 2 atom stereocenters. The first-order valence-electron chi connectivity index (χ1n) is 5.06. The lowest BCUT2D eigenvalue weighted by Crippen LogP contribution is -2.02. The molecule has 0 heterocycles. The van der Waals surface area contributed by atoms with Crippen molar-refractivity contribution >= 4 is 6.29 Å². The van der Waals surface area contributed by atoms with Crippen LogP contribution in [0, 0.1) is 11.8 Å². The molecule has 0 spiro atoms. The normalized spacial score (nSPS) is 23.3. The van der Waals surface area contributed by atoms with Gasteiger partial charge < -0.3 is 14.3 Å². The van der Waals surface area contributed by atoms with Gasteiger partial charge in [0.1, 0.15) is 6.29 Å². The van der Waals surface area contributed by atoms with Crippen molar-refractivity contribution in [3.05, 3.63) is 24.3 Å². The van der Waals surface area contributed by atoms with Crippen LogP contribution >= 0.6 is 0 Å². The Hall–Kier alpha value is -1.51. The van der Waals surface area contributed by atoms with Crippen molar-refractivity contribution in [2.45, 2.75) is 6.42 Å². The van der Waals surface area contributed by atoms with Crippen LogP contribution in [0.15, 0.2) is 24.3 Å². The highest BCUT2D eigenvalue weighted by Crippen LogP contribution is 2.37. The third kappa shape index (κ3) is 2.29. The molecule has 3 heteroatoms. The lowest BCUT2D eigenvalue weighted by molar-refractivity contribution is -0.109. The quantitative estimate of drug-likeness (QED) is 0.690. The third-order valence-corrected chi connectivity index (χ3v) is 2.67. The van der Waals surface area contributed by atoms with Crippen molar-refractivity contribution in [1.82, 2.24) is 0 Å². The first kappa shape index (κ1) is 10.0. The molecule has 1 aromatic rings. The van der Waals surface area contributed by atoms with Crippen molar-refractivity contribution in [3.63, 3.8) is 0 Å². The van der Waals surface area contributed by atoms with Gasteiger partial charge in [0.15, 0.2) is 11.5 Å². The minimum Gasteiger partial charge on any atom is -0.493 e. The van der Waals surface area contributed by atoms with E-state index in [0.29, 0.717) is 12.5 Å². The number of carbonyl (C=O) groups is 1. The fraction of sp³-hybridized carbons (Fsp3) is 0.417. The van der Waals surface area contributed by atoms with Crippen molar-refractivity contribution in [2.75, 3.05) is 13.7 Å². The molecule has 3 nitrogen and oxygen atoms in total. The highest BCUT2D eigenvalue weighted by Gasteiger charge is 2.37. The van der Waals surface area contributed by atoms with Crippen LogP contribution in [0.25, 0.3) is 0 Å². The van der Waals surface area contributed by atoms with Gasteiger partial charge in [-0.2, -0.15) is 0 Å². The number of benzene rings is 1. The summed E-state index contributed by atoms with van der Waals surface area (Å²) in [5, 5.41) is 0. The van der Waals surface area contributed by atoms with E-state index in [2.05, 4.69) is 0 Å². The molecule has 0 aliphatic heterocycles. The summed E-state index contributed by atoms with van der Waals surface area (Å²) in [7, 11) is 1.62. The number of hydrogen-bond acceptors (Lipinski definition) is 3. The highest BCUT2D eigenvalue weighted by molar-refractivity contribution is 5.58. The summed E-state index contributed by atoms with van der Waals surface area (Å²) in [6, 6.07) is 7.54. The first-order chi connectivity index (χ1) is 7.35. The molecule has 1 aliphatic carbocycles. The smallest absolute Gasteiger partial charge is 0.161 e. The molecule has 2 rings (SSSR count). The zero-order chi connectivity index (χ0) is 10.7. The summed E-state index contributed by atoms with van der Waals surface area (Å²) >= 11 is 0. The summed E-state index contributed by atoms with van der Waals surface area (Å²) in [6.07, 6.45) is 1.97. The van der Waals surface area contributed by atoms with Gasteiger partial charge in [-0.3, -0.25) is 0 Å². The lowest BCUT2D eigenvalue weighted by Gasteiger charge is -2.09. The molecule has 15 heavy (non-hydrogen) atoms. The van der Waals surface area contributed by atoms with E-state index in [-0.39, 0.29) is 5.92 Å². The van der Waals surface area contributed by atoms with Crippen molar-refractivity contribution in [1.29, 1.82) is 0 Å². The van der Waals surface area contributed by atoms with Crippen molar-refractivity contribution in [2.24, 2.45) is 11.8 Å². The summed E-state index contributed by atoms with van der Waals surface area (Å²) in [4.78, 5) is 10.4. The van der Waals surface area contributed by atoms with Crippen LogP contribution in [0.2, 0.25) is 0 Å². The Bertz CT molecular complexity index is 348. The van der Waals surface area contributed by atoms with E-state index in [1.165, 1.54) is 0 Å². The minimum atomic E-state index is 0.208.